The molecule has 13 heteroatoms. The Labute approximate surface area is 218 Å². The van der Waals surface area contributed by atoms with E-state index in [-0.39, 0.29) is 37.4 Å². The molecule has 0 aliphatic carbocycles. The van der Waals surface area contributed by atoms with Crippen molar-refractivity contribution in [2.24, 2.45) is 0 Å². The van der Waals surface area contributed by atoms with Crippen LogP contribution in [-0.2, 0) is 9.84 Å². The Kier molecular flexibility index (Phi) is 7.70. The van der Waals surface area contributed by atoms with Gasteiger partial charge in [-0.3, -0.25) is 0 Å². The van der Waals surface area contributed by atoms with E-state index in [2.05, 4.69) is 14.7 Å². The van der Waals surface area contributed by atoms with Crippen molar-refractivity contribution in [3.05, 3.63) is 76.0 Å². The Hall–Kier alpha value is -2.86. The molecule has 0 saturated heterocycles. The van der Waals surface area contributed by atoms with Crippen LogP contribution in [0.25, 0.3) is 22.2 Å². The number of hydrogen-bond donors (Lipinski definition) is 2. The van der Waals surface area contributed by atoms with Gasteiger partial charge in [-0.2, -0.15) is 0 Å². The van der Waals surface area contributed by atoms with Crippen molar-refractivity contribution in [2.75, 3.05) is 19.0 Å². The molecule has 0 spiro atoms. The molecule has 0 amide bonds. The standard InChI is InChI=1S/C24H18Cl2F4N2O4S/c25-17-11-18-22(21(26)20(17)15-3-1-2-4-19(15)36-24(28,29)30)32-23(31-18)16(12-33)13-5-7-14(8-6-13)37(34,35)10-9-27/h1-8,11,16,33H,9-10,12H2,(H,31,32). The number of imidazole rings is 1. The molecule has 4 rings (SSSR count). The van der Waals surface area contributed by atoms with E-state index in [9.17, 15) is 31.1 Å². The maximum Gasteiger partial charge on any atom is 0.573 e. The van der Waals surface area contributed by atoms with Gasteiger partial charge in [0.2, 0.25) is 0 Å². The summed E-state index contributed by atoms with van der Waals surface area (Å²) in [4.78, 5) is 7.40. The van der Waals surface area contributed by atoms with Gasteiger partial charge in [-0.1, -0.05) is 53.5 Å². The highest BCUT2D eigenvalue weighted by molar-refractivity contribution is 7.91. The molecule has 3 aromatic carbocycles. The molecule has 1 aromatic heterocycles. The fourth-order valence-corrected chi connectivity index (χ4v) is 5.57. The molecule has 0 aliphatic rings. The van der Waals surface area contributed by atoms with E-state index in [1.54, 1.807) is 0 Å². The molecule has 0 radical (unpaired) electrons. The van der Waals surface area contributed by atoms with E-state index >= 15 is 0 Å². The quantitative estimate of drug-likeness (QED) is 0.240. The zero-order chi connectivity index (χ0) is 27.0. The smallest absolute Gasteiger partial charge is 0.405 e. The van der Waals surface area contributed by atoms with Gasteiger partial charge < -0.3 is 14.8 Å². The molecule has 37 heavy (non-hydrogen) atoms. The van der Waals surface area contributed by atoms with Gasteiger partial charge in [0.05, 0.1) is 38.7 Å². The van der Waals surface area contributed by atoms with Crippen molar-refractivity contribution in [2.45, 2.75) is 17.2 Å². The van der Waals surface area contributed by atoms with Crippen LogP contribution in [0.5, 0.6) is 5.75 Å². The fraction of sp³-hybridized carbons (Fsp3) is 0.208. The minimum absolute atomic E-state index is 0.00469. The average molecular weight is 577 g/mol. The summed E-state index contributed by atoms with van der Waals surface area (Å²) in [6.45, 7) is -1.43. The summed E-state index contributed by atoms with van der Waals surface area (Å²) < 4.78 is 79.6. The Morgan fingerprint density at radius 3 is 2.38 bits per heavy atom. The zero-order valence-electron chi connectivity index (χ0n) is 18.7. The highest BCUT2D eigenvalue weighted by Gasteiger charge is 2.33. The van der Waals surface area contributed by atoms with Gasteiger partial charge in [-0.25, -0.2) is 17.8 Å². The number of alkyl halides is 4. The van der Waals surface area contributed by atoms with Crippen molar-refractivity contribution in [1.29, 1.82) is 0 Å². The van der Waals surface area contributed by atoms with Crippen LogP contribution in [0.3, 0.4) is 0 Å². The third-order valence-electron chi connectivity index (χ3n) is 5.57. The highest BCUT2D eigenvalue weighted by Crippen LogP contribution is 2.44. The molecule has 196 valence electrons. The van der Waals surface area contributed by atoms with E-state index in [1.807, 2.05) is 0 Å². The molecule has 6 nitrogen and oxygen atoms in total. The summed E-state index contributed by atoms with van der Waals surface area (Å²) in [5.41, 5.74) is 1.15. The van der Waals surface area contributed by atoms with E-state index in [4.69, 9.17) is 23.2 Å². The largest absolute Gasteiger partial charge is 0.573 e. The van der Waals surface area contributed by atoms with Crippen molar-refractivity contribution >= 4 is 44.1 Å². The monoisotopic (exact) mass is 576 g/mol. The molecular weight excluding hydrogens is 559 g/mol. The van der Waals surface area contributed by atoms with Crippen LogP contribution in [0, 0.1) is 0 Å². The number of aliphatic hydroxyl groups is 1. The molecule has 0 saturated carbocycles. The molecule has 0 bridgehead atoms. The number of benzene rings is 3. The fourth-order valence-electron chi connectivity index (χ4n) is 3.88. The van der Waals surface area contributed by atoms with Gasteiger partial charge in [-0.15, -0.1) is 13.2 Å². The van der Waals surface area contributed by atoms with Crippen LogP contribution < -0.4 is 4.74 Å². The summed E-state index contributed by atoms with van der Waals surface area (Å²) in [6, 6.07) is 12.4. The number of aromatic amines is 1. The van der Waals surface area contributed by atoms with Crippen LogP contribution in [0.4, 0.5) is 17.6 Å². The van der Waals surface area contributed by atoms with E-state index in [0.29, 0.717) is 11.1 Å². The number of nitrogens with zero attached hydrogens (tertiary/aromatic N) is 1. The molecule has 2 N–H and O–H groups in total. The third-order valence-corrected chi connectivity index (χ3v) is 7.92. The minimum Gasteiger partial charge on any atom is -0.405 e. The Morgan fingerprint density at radius 2 is 1.76 bits per heavy atom. The first kappa shape index (κ1) is 27.2. The molecule has 1 heterocycles. The lowest BCUT2D eigenvalue weighted by atomic mass is 9.99. The first-order valence-corrected chi connectivity index (χ1v) is 13.1. The first-order chi connectivity index (χ1) is 17.4. The predicted octanol–water partition coefficient (Wildman–Crippen LogP) is 6.30. The number of aromatic nitrogens is 2. The lowest BCUT2D eigenvalue weighted by Gasteiger charge is -2.15. The van der Waals surface area contributed by atoms with E-state index in [0.717, 1.165) is 6.07 Å². The Balaban J connectivity index is 1.77. The zero-order valence-corrected chi connectivity index (χ0v) is 21.0. The van der Waals surface area contributed by atoms with Gasteiger partial charge in [-0.05, 0) is 29.8 Å². The topological polar surface area (TPSA) is 92.3 Å². The summed E-state index contributed by atoms with van der Waals surface area (Å²) >= 11 is 13.0. The SMILES string of the molecule is O=S(=O)(CCF)c1ccc(C(CO)c2nc3c(Cl)c(-c4ccccc4OC(F)(F)F)c(Cl)cc3[nH]2)cc1. The first-order valence-electron chi connectivity index (χ1n) is 10.7. The average Bonchev–Trinajstić information content (AvgIpc) is 3.24. The second kappa shape index (κ2) is 10.5. The lowest BCUT2D eigenvalue weighted by Crippen LogP contribution is -2.17. The summed E-state index contributed by atoms with van der Waals surface area (Å²) in [7, 11) is -3.77. The van der Waals surface area contributed by atoms with Gasteiger partial charge in [0.1, 0.15) is 23.8 Å². The molecule has 1 unspecified atom stereocenters. The van der Waals surface area contributed by atoms with Crippen molar-refractivity contribution < 1.29 is 35.8 Å². The number of nitrogens with one attached hydrogen (secondary N) is 1. The summed E-state index contributed by atoms with van der Waals surface area (Å²) in [6.07, 6.45) is -4.94. The number of para-hydroxylation sites is 1. The number of rotatable bonds is 8. The number of fused-ring (bicyclic) bond motifs is 1. The molecular formula is C24H18Cl2F4N2O4S. The lowest BCUT2D eigenvalue weighted by molar-refractivity contribution is -0.274. The Bertz CT molecular complexity index is 1540. The van der Waals surface area contributed by atoms with E-state index in [1.165, 1.54) is 48.5 Å². The van der Waals surface area contributed by atoms with Gasteiger partial charge >= 0.3 is 6.36 Å². The number of sulfone groups is 1. The van der Waals surface area contributed by atoms with Crippen molar-refractivity contribution in [3.63, 3.8) is 0 Å². The second-order valence-corrected chi connectivity index (χ2v) is 10.8. The summed E-state index contributed by atoms with van der Waals surface area (Å²) in [5, 5.41) is 10.1. The summed E-state index contributed by atoms with van der Waals surface area (Å²) in [5.74, 6) is -1.61. The van der Waals surface area contributed by atoms with Crippen LogP contribution in [0.2, 0.25) is 10.0 Å². The molecule has 1 atom stereocenters. The normalized spacial score (nSPS) is 13.2. The number of hydrogen-bond acceptors (Lipinski definition) is 5. The third kappa shape index (κ3) is 5.69. The van der Waals surface area contributed by atoms with Crippen LogP contribution in [0.1, 0.15) is 17.3 Å². The maximum absolute atomic E-state index is 12.9. The highest BCUT2D eigenvalue weighted by atomic mass is 35.5. The number of aliphatic hydroxyl groups excluding tert-OH is 1. The van der Waals surface area contributed by atoms with Crippen LogP contribution in [0.15, 0.2) is 59.5 Å². The van der Waals surface area contributed by atoms with Crippen molar-refractivity contribution in [3.8, 4) is 16.9 Å². The number of halogens is 6. The van der Waals surface area contributed by atoms with Gasteiger partial charge in [0.15, 0.2) is 9.84 Å². The molecule has 0 fully saturated rings. The Morgan fingerprint density at radius 1 is 1.08 bits per heavy atom. The second-order valence-electron chi connectivity index (χ2n) is 7.92. The molecule has 0 aliphatic heterocycles. The van der Waals surface area contributed by atoms with Crippen LogP contribution >= 0.6 is 23.2 Å². The maximum atomic E-state index is 12.9. The van der Waals surface area contributed by atoms with Gasteiger partial charge in [0, 0.05) is 11.1 Å². The van der Waals surface area contributed by atoms with Crippen molar-refractivity contribution in [1.82, 2.24) is 9.97 Å². The minimum atomic E-state index is -4.94. The van der Waals surface area contributed by atoms with E-state index < -0.39 is 46.9 Å². The number of ether oxygens (including phenoxy) is 1. The van der Waals surface area contributed by atoms with Crippen LogP contribution in [-0.4, -0.2) is 48.9 Å². The number of H-pyrrole nitrogens is 1. The molecule has 4 aromatic rings. The van der Waals surface area contributed by atoms with Gasteiger partial charge in [0.25, 0.3) is 0 Å². The predicted molar refractivity (Wildman–Crippen MR) is 132 cm³/mol.